The zero-order valence-corrected chi connectivity index (χ0v) is 9.99. The normalized spacial score (nSPS) is 13.2. The third-order valence-corrected chi connectivity index (χ3v) is 3.41. The smallest absolute Gasteiger partial charge is 0.196 e. The third kappa shape index (κ3) is 1.31. The molecule has 18 heavy (non-hydrogen) atoms. The molecule has 2 N–H and O–H groups in total. The highest BCUT2D eigenvalue weighted by Gasteiger charge is 2.31. The second-order valence-corrected chi connectivity index (χ2v) is 4.49. The van der Waals surface area contributed by atoms with Crippen LogP contribution in [-0.4, -0.2) is 11.6 Å². The molecule has 4 heteroatoms. The van der Waals surface area contributed by atoms with Gasteiger partial charge in [-0.25, -0.2) is 0 Å². The lowest BCUT2D eigenvalue weighted by Gasteiger charge is -2.19. The average molecular weight is 258 g/mol. The molecule has 0 radical (unpaired) electrons. The van der Waals surface area contributed by atoms with Crippen molar-refractivity contribution in [2.75, 3.05) is 5.73 Å². The Hall–Kier alpha value is -2.13. The lowest BCUT2D eigenvalue weighted by molar-refractivity contribution is 0.0979. The van der Waals surface area contributed by atoms with Crippen molar-refractivity contribution in [3.63, 3.8) is 0 Å². The Morgan fingerprint density at radius 3 is 2.11 bits per heavy atom. The largest absolute Gasteiger partial charge is 0.397 e. The molecule has 0 spiro atoms. The van der Waals surface area contributed by atoms with Crippen LogP contribution in [0, 0.1) is 0 Å². The summed E-state index contributed by atoms with van der Waals surface area (Å²) in [7, 11) is 0. The molecule has 0 unspecified atom stereocenters. The lowest BCUT2D eigenvalue weighted by atomic mass is 9.83. The van der Waals surface area contributed by atoms with E-state index >= 15 is 0 Å². The Morgan fingerprint density at radius 2 is 1.44 bits per heavy atom. The minimum atomic E-state index is -0.250. The summed E-state index contributed by atoms with van der Waals surface area (Å²) < 4.78 is 0. The van der Waals surface area contributed by atoms with Crippen molar-refractivity contribution in [3.8, 4) is 0 Å². The Labute approximate surface area is 108 Å². The number of hydrogen-bond acceptors (Lipinski definition) is 3. The molecule has 2 aromatic carbocycles. The van der Waals surface area contributed by atoms with Crippen LogP contribution < -0.4 is 5.73 Å². The highest BCUT2D eigenvalue weighted by atomic mass is 35.5. The number of halogens is 1. The Morgan fingerprint density at radius 1 is 0.833 bits per heavy atom. The van der Waals surface area contributed by atoms with Gasteiger partial charge in [0.05, 0.1) is 16.3 Å². The van der Waals surface area contributed by atoms with Gasteiger partial charge >= 0.3 is 0 Å². The van der Waals surface area contributed by atoms with Crippen molar-refractivity contribution >= 4 is 28.9 Å². The molecule has 0 atom stereocenters. The van der Waals surface area contributed by atoms with Crippen LogP contribution in [0.2, 0.25) is 5.02 Å². The number of nitrogen functional groups attached to an aromatic ring is 1. The van der Waals surface area contributed by atoms with Crippen LogP contribution in [0.3, 0.4) is 0 Å². The van der Waals surface area contributed by atoms with Crippen LogP contribution in [0.1, 0.15) is 31.8 Å². The molecule has 0 amide bonds. The van der Waals surface area contributed by atoms with E-state index in [9.17, 15) is 9.59 Å². The fraction of sp³-hybridized carbons (Fsp3) is 0. The summed E-state index contributed by atoms with van der Waals surface area (Å²) in [5.74, 6) is -0.441. The van der Waals surface area contributed by atoms with E-state index in [1.165, 1.54) is 6.07 Å². The van der Waals surface area contributed by atoms with Crippen molar-refractivity contribution in [3.05, 3.63) is 63.7 Å². The van der Waals surface area contributed by atoms with Crippen LogP contribution >= 0.6 is 11.6 Å². The van der Waals surface area contributed by atoms with E-state index in [0.29, 0.717) is 16.7 Å². The van der Waals surface area contributed by atoms with Gasteiger partial charge in [0, 0.05) is 16.7 Å². The third-order valence-electron chi connectivity index (χ3n) is 3.08. The van der Waals surface area contributed by atoms with Gasteiger partial charge in [0.2, 0.25) is 0 Å². The first-order chi connectivity index (χ1) is 8.61. The monoisotopic (exact) mass is 257 g/mol. The molecule has 0 aliphatic heterocycles. The summed E-state index contributed by atoms with van der Waals surface area (Å²) in [5, 5.41) is 0.286. The minimum absolute atomic E-state index is 0.169. The standard InChI is InChI=1S/C14H8ClNO2/c15-10-6-5-9-11(12(10)16)14(18)8-4-2-1-3-7(8)13(9)17/h1-6H,16H2. The SMILES string of the molecule is Nc1c(Cl)ccc2c1C(=O)c1ccccc1C2=O. The number of rotatable bonds is 0. The second kappa shape index (κ2) is 3.68. The summed E-state index contributed by atoms with van der Waals surface area (Å²) >= 11 is 5.90. The summed E-state index contributed by atoms with van der Waals surface area (Å²) in [6.45, 7) is 0. The maximum absolute atomic E-state index is 12.3. The van der Waals surface area contributed by atoms with Crippen LogP contribution in [0.15, 0.2) is 36.4 Å². The van der Waals surface area contributed by atoms with Gasteiger partial charge < -0.3 is 5.73 Å². The molecule has 1 aliphatic rings. The summed E-state index contributed by atoms with van der Waals surface area (Å²) in [5.41, 5.74) is 7.30. The first kappa shape index (κ1) is 11.0. The number of anilines is 1. The maximum atomic E-state index is 12.3. The molecular formula is C14H8ClNO2. The molecule has 2 aromatic rings. The summed E-state index contributed by atoms with van der Waals surface area (Å²) in [6.07, 6.45) is 0. The number of carbonyl (C=O) groups is 2. The van der Waals surface area contributed by atoms with Crippen LogP contribution in [0.5, 0.6) is 0 Å². The molecule has 1 aliphatic carbocycles. The molecule has 0 bridgehead atoms. The van der Waals surface area contributed by atoms with Gasteiger partial charge in [-0.2, -0.15) is 0 Å². The molecule has 3 nitrogen and oxygen atoms in total. The summed E-state index contributed by atoms with van der Waals surface area (Å²) in [4.78, 5) is 24.6. The first-order valence-corrected chi connectivity index (χ1v) is 5.75. The van der Waals surface area contributed by atoms with Gasteiger partial charge in [0.15, 0.2) is 11.6 Å². The highest BCUT2D eigenvalue weighted by molar-refractivity contribution is 6.37. The molecule has 0 aromatic heterocycles. The Bertz CT molecular complexity index is 707. The van der Waals surface area contributed by atoms with E-state index in [2.05, 4.69) is 0 Å². The molecule has 0 saturated heterocycles. The molecule has 0 heterocycles. The fourth-order valence-corrected chi connectivity index (χ4v) is 2.34. The van der Waals surface area contributed by atoms with Gasteiger partial charge in [-0.3, -0.25) is 9.59 Å². The molecule has 3 rings (SSSR count). The number of benzene rings is 2. The van der Waals surface area contributed by atoms with Gasteiger partial charge in [0.25, 0.3) is 0 Å². The first-order valence-electron chi connectivity index (χ1n) is 5.37. The van der Waals surface area contributed by atoms with Gasteiger partial charge in [-0.1, -0.05) is 35.9 Å². The second-order valence-electron chi connectivity index (χ2n) is 4.09. The van der Waals surface area contributed by atoms with Gasteiger partial charge in [-0.15, -0.1) is 0 Å². The van der Waals surface area contributed by atoms with Crippen molar-refractivity contribution in [2.24, 2.45) is 0 Å². The predicted octanol–water partition coefficient (Wildman–Crippen LogP) is 2.70. The van der Waals surface area contributed by atoms with Crippen molar-refractivity contribution < 1.29 is 9.59 Å². The molecule has 0 fully saturated rings. The molecule has 88 valence electrons. The van der Waals surface area contributed by atoms with Crippen molar-refractivity contribution in [1.29, 1.82) is 0 Å². The van der Waals surface area contributed by atoms with Crippen LogP contribution in [0.25, 0.3) is 0 Å². The van der Waals surface area contributed by atoms with E-state index in [4.69, 9.17) is 17.3 Å². The van der Waals surface area contributed by atoms with Gasteiger partial charge in [-0.05, 0) is 12.1 Å². The predicted molar refractivity (Wildman–Crippen MR) is 69.2 cm³/mol. The van der Waals surface area contributed by atoms with E-state index in [-0.39, 0.29) is 27.8 Å². The summed E-state index contributed by atoms with van der Waals surface area (Å²) in [6, 6.07) is 9.80. The maximum Gasteiger partial charge on any atom is 0.196 e. The minimum Gasteiger partial charge on any atom is -0.397 e. The van der Waals surface area contributed by atoms with E-state index in [1.807, 2.05) is 0 Å². The zero-order valence-electron chi connectivity index (χ0n) is 9.24. The number of nitrogens with two attached hydrogens (primary N) is 1. The number of hydrogen-bond donors (Lipinski definition) is 1. The van der Waals surface area contributed by atoms with Crippen LogP contribution in [0.4, 0.5) is 5.69 Å². The number of carbonyl (C=O) groups excluding carboxylic acids is 2. The van der Waals surface area contributed by atoms with E-state index in [1.54, 1.807) is 30.3 Å². The van der Waals surface area contributed by atoms with Crippen molar-refractivity contribution in [1.82, 2.24) is 0 Å². The van der Waals surface area contributed by atoms with Crippen LogP contribution in [-0.2, 0) is 0 Å². The highest BCUT2D eigenvalue weighted by Crippen LogP contribution is 2.34. The molecule has 0 saturated carbocycles. The number of fused-ring (bicyclic) bond motifs is 2. The Balaban J connectivity index is 2.38. The lowest BCUT2D eigenvalue weighted by Crippen LogP contribution is -2.22. The van der Waals surface area contributed by atoms with E-state index < -0.39 is 0 Å². The molecular weight excluding hydrogens is 250 g/mol. The van der Waals surface area contributed by atoms with Crippen molar-refractivity contribution in [2.45, 2.75) is 0 Å². The fourth-order valence-electron chi connectivity index (χ4n) is 2.19. The Kier molecular flexibility index (Phi) is 2.25. The topological polar surface area (TPSA) is 60.2 Å². The number of ketones is 2. The van der Waals surface area contributed by atoms with Gasteiger partial charge in [0.1, 0.15) is 0 Å². The van der Waals surface area contributed by atoms with E-state index in [0.717, 1.165) is 0 Å². The average Bonchev–Trinajstić information content (AvgIpc) is 2.39. The quantitative estimate of drug-likeness (QED) is 0.630. The zero-order chi connectivity index (χ0) is 12.9.